The number of amides is 1. The van der Waals surface area contributed by atoms with E-state index in [1.165, 1.54) is 12.1 Å². The molecule has 1 aromatic rings. The van der Waals surface area contributed by atoms with Crippen molar-refractivity contribution in [2.24, 2.45) is 0 Å². The monoisotopic (exact) mass is 331 g/mol. The molecule has 0 spiro atoms. The van der Waals surface area contributed by atoms with Crippen molar-refractivity contribution < 1.29 is 27.2 Å². The Morgan fingerprint density at radius 2 is 2.05 bits per heavy atom. The quantitative estimate of drug-likeness (QED) is 0.515. The lowest BCUT2D eigenvalue weighted by Gasteiger charge is -2.12. The normalized spacial score (nSPS) is 11.0. The van der Waals surface area contributed by atoms with Gasteiger partial charge in [0, 0.05) is 19.2 Å². The molecular weight excluding hydrogens is 310 g/mol. The fraction of sp³-hybridized carbons (Fsp3) is 0.500. The zero-order valence-corrected chi connectivity index (χ0v) is 13.5. The Labute approximate surface area is 130 Å². The van der Waals surface area contributed by atoms with E-state index < -0.39 is 16.0 Å². The van der Waals surface area contributed by atoms with Crippen LogP contribution < -0.4 is 14.2 Å². The Balaban J connectivity index is 2.93. The molecule has 0 aliphatic rings. The molecule has 0 aliphatic carbocycles. The van der Waals surface area contributed by atoms with E-state index in [0.717, 1.165) is 6.26 Å². The molecule has 0 fully saturated rings. The highest BCUT2D eigenvalue weighted by Crippen LogP contribution is 2.26. The van der Waals surface area contributed by atoms with Crippen molar-refractivity contribution in [1.82, 2.24) is 5.32 Å². The summed E-state index contributed by atoms with van der Waals surface area (Å²) in [5.74, 6) is -0.106. The van der Waals surface area contributed by atoms with Crippen molar-refractivity contribution in [3.05, 3.63) is 23.8 Å². The average Bonchev–Trinajstić information content (AvgIpc) is 2.42. The van der Waals surface area contributed by atoms with Crippen LogP contribution in [0.4, 0.5) is 0 Å². The number of hydrogen-bond donors (Lipinski definition) is 2. The lowest BCUT2D eigenvalue weighted by Crippen LogP contribution is -2.25. The molecule has 0 heterocycles. The van der Waals surface area contributed by atoms with Gasteiger partial charge in [-0.2, -0.15) is 8.42 Å². The highest BCUT2D eigenvalue weighted by Gasteiger charge is 2.17. The van der Waals surface area contributed by atoms with Crippen molar-refractivity contribution in [3.63, 3.8) is 0 Å². The zero-order chi connectivity index (χ0) is 16.6. The third kappa shape index (κ3) is 6.31. The fourth-order valence-electron chi connectivity index (χ4n) is 1.71. The smallest absolute Gasteiger partial charge is 0.306 e. The van der Waals surface area contributed by atoms with E-state index in [4.69, 9.17) is 14.0 Å². The van der Waals surface area contributed by atoms with Gasteiger partial charge in [0.05, 0.1) is 18.4 Å². The Kier molecular flexibility index (Phi) is 7.13. The van der Waals surface area contributed by atoms with Crippen molar-refractivity contribution in [2.75, 3.05) is 26.0 Å². The number of aliphatic hydroxyl groups excluding tert-OH is 1. The van der Waals surface area contributed by atoms with Crippen LogP contribution in [0.25, 0.3) is 0 Å². The average molecular weight is 331 g/mol. The maximum absolute atomic E-state index is 12.1. The minimum Gasteiger partial charge on any atom is -0.494 e. The van der Waals surface area contributed by atoms with Gasteiger partial charge in [0.1, 0.15) is 5.75 Å². The van der Waals surface area contributed by atoms with Crippen LogP contribution in [0.3, 0.4) is 0 Å². The summed E-state index contributed by atoms with van der Waals surface area (Å²) < 4.78 is 32.8. The molecule has 7 nitrogen and oxygen atoms in total. The predicted molar refractivity (Wildman–Crippen MR) is 81.7 cm³/mol. The van der Waals surface area contributed by atoms with E-state index in [9.17, 15) is 13.2 Å². The lowest BCUT2D eigenvalue weighted by molar-refractivity contribution is 0.0950. The van der Waals surface area contributed by atoms with Crippen LogP contribution in [0, 0.1) is 0 Å². The highest BCUT2D eigenvalue weighted by molar-refractivity contribution is 7.86. The summed E-state index contributed by atoms with van der Waals surface area (Å²) in [5.41, 5.74) is 0.109. The summed E-state index contributed by atoms with van der Waals surface area (Å²) in [4.78, 5) is 12.1. The fourth-order valence-corrected chi connectivity index (χ4v) is 2.18. The summed E-state index contributed by atoms with van der Waals surface area (Å²) in [6.07, 6.45) is 2.11. The van der Waals surface area contributed by atoms with Crippen molar-refractivity contribution in [1.29, 1.82) is 0 Å². The van der Waals surface area contributed by atoms with Crippen LogP contribution in [-0.4, -0.2) is 45.4 Å². The van der Waals surface area contributed by atoms with Crippen molar-refractivity contribution >= 4 is 16.0 Å². The molecule has 0 bridgehead atoms. The summed E-state index contributed by atoms with van der Waals surface area (Å²) in [6, 6.07) is 4.39. The molecular formula is C14H21NO6S. The number of carbonyl (C=O) groups excluding carboxylic acids is 1. The number of rotatable bonds is 9. The number of carbonyl (C=O) groups is 1. The number of unbranched alkanes of at least 4 members (excludes halogenated alkanes) is 1. The summed E-state index contributed by atoms with van der Waals surface area (Å²) in [5, 5.41) is 11.3. The second-order valence-electron chi connectivity index (χ2n) is 4.57. The summed E-state index contributed by atoms with van der Waals surface area (Å²) in [6.45, 7) is 2.64. The van der Waals surface area contributed by atoms with Gasteiger partial charge in [0.25, 0.3) is 5.91 Å². The summed E-state index contributed by atoms with van der Waals surface area (Å²) >= 11 is 0. The van der Waals surface area contributed by atoms with Crippen molar-refractivity contribution in [3.8, 4) is 11.5 Å². The van der Waals surface area contributed by atoms with Crippen LogP contribution in [0.2, 0.25) is 0 Å². The number of ether oxygens (including phenoxy) is 1. The largest absolute Gasteiger partial charge is 0.494 e. The molecule has 22 heavy (non-hydrogen) atoms. The number of benzene rings is 1. The first-order valence-electron chi connectivity index (χ1n) is 6.92. The van der Waals surface area contributed by atoms with E-state index in [-0.39, 0.29) is 17.9 Å². The maximum Gasteiger partial charge on any atom is 0.306 e. The van der Waals surface area contributed by atoms with Gasteiger partial charge in [-0.15, -0.1) is 0 Å². The van der Waals surface area contributed by atoms with Crippen LogP contribution in [0.15, 0.2) is 18.2 Å². The van der Waals surface area contributed by atoms with E-state index in [1.54, 1.807) is 13.0 Å². The molecule has 0 atom stereocenters. The molecule has 1 rings (SSSR count). The lowest BCUT2D eigenvalue weighted by atomic mass is 10.1. The van der Waals surface area contributed by atoms with E-state index in [2.05, 4.69) is 5.32 Å². The molecule has 124 valence electrons. The SMILES string of the molecule is CCOc1ccc(C(=O)NCCCCO)c(OS(C)(=O)=O)c1. The Morgan fingerprint density at radius 1 is 1.32 bits per heavy atom. The van der Waals surface area contributed by atoms with Gasteiger partial charge in [-0.25, -0.2) is 0 Å². The molecule has 0 aromatic heterocycles. The molecule has 0 saturated heterocycles. The van der Waals surface area contributed by atoms with Crippen molar-refractivity contribution in [2.45, 2.75) is 19.8 Å². The maximum atomic E-state index is 12.1. The molecule has 8 heteroatoms. The topological polar surface area (TPSA) is 102 Å². The van der Waals surface area contributed by atoms with Crippen LogP contribution in [-0.2, 0) is 10.1 Å². The molecule has 2 N–H and O–H groups in total. The first-order chi connectivity index (χ1) is 10.4. The molecule has 0 radical (unpaired) electrons. The van der Waals surface area contributed by atoms with Crippen LogP contribution in [0.1, 0.15) is 30.1 Å². The van der Waals surface area contributed by atoms with Gasteiger partial charge >= 0.3 is 10.1 Å². The van der Waals surface area contributed by atoms with E-state index in [0.29, 0.717) is 31.7 Å². The molecule has 1 aromatic carbocycles. The van der Waals surface area contributed by atoms with Gasteiger partial charge in [-0.05, 0) is 31.9 Å². The van der Waals surface area contributed by atoms with Gasteiger partial charge in [-0.1, -0.05) is 0 Å². The Morgan fingerprint density at radius 3 is 2.64 bits per heavy atom. The van der Waals surface area contributed by atoms with Crippen LogP contribution in [0.5, 0.6) is 11.5 Å². The minimum absolute atomic E-state index is 0.0569. The van der Waals surface area contributed by atoms with Gasteiger partial charge in [0.15, 0.2) is 5.75 Å². The van der Waals surface area contributed by atoms with Gasteiger partial charge in [-0.3, -0.25) is 4.79 Å². The third-order valence-corrected chi connectivity index (χ3v) is 3.10. The zero-order valence-electron chi connectivity index (χ0n) is 12.7. The predicted octanol–water partition coefficient (Wildman–Crippen LogP) is 0.926. The number of hydrogen-bond acceptors (Lipinski definition) is 6. The second kappa shape index (κ2) is 8.60. The number of nitrogens with one attached hydrogen (secondary N) is 1. The minimum atomic E-state index is -3.76. The van der Waals surface area contributed by atoms with Gasteiger partial charge in [0.2, 0.25) is 0 Å². The van der Waals surface area contributed by atoms with Crippen LogP contribution >= 0.6 is 0 Å². The van der Waals surface area contributed by atoms with E-state index >= 15 is 0 Å². The van der Waals surface area contributed by atoms with E-state index in [1.807, 2.05) is 0 Å². The first-order valence-corrected chi connectivity index (χ1v) is 8.74. The Hall–Kier alpha value is -1.80. The highest BCUT2D eigenvalue weighted by atomic mass is 32.2. The number of aliphatic hydroxyl groups is 1. The first kappa shape index (κ1) is 18.2. The molecule has 0 saturated carbocycles. The second-order valence-corrected chi connectivity index (χ2v) is 6.14. The Bertz CT molecular complexity index is 599. The standard InChI is InChI=1S/C14H21NO6S/c1-3-20-11-6-7-12(13(10-11)21-22(2,18)19)14(17)15-8-4-5-9-16/h6-7,10,16H,3-5,8-9H2,1-2H3,(H,15,17). The molecule has 0 aliphatic heterocycles. The van der Waals surface area contributed by atoms with Gasteiger partial charge < -0.3 is 19.3 Å². The molecule has 0 unspecified atom stereocenters. The summed E-state index contributed by atoms with van der Waals surface area (Å²) in [7, 11) is -3.76. The third-order valence-electron chi connectivity index (χ3n) is 2.62. The molecule has 1 amide bonds.